The van der Waals surface area contributed by atoms with Crippen LogP contribution in [0.3, 0.4) is 0 Å². The van der Waals surface area contributed by atoms with Crippen molar-refractivity contribution in [1.29, 1.82) is 0 Å². The summed E-state index contributed by atoms with van der Waals surface area (Å²) in [5.74, 6) is 0. The lowest BCUT2D eigenvalue weighted by molar-refractivity contribution is -0.118. The molecule has 3 nitrogen and oxygen atoms in total. The van der Waals surface area contributed by atoms with Gasteiger partial charge in [-0.25, -0.2) is 0 Å². The molecule has 0 aromatic heterocycles. The fourth-order valence-corrected chi connectivity index (χ4v) is 1.48. The lowest BCUT2D eigenvalue weighted by atomic mass is 10.2. The molecule has 0 spiro atoms. The van der Waals surface area contributed by atoms with Crippen LogP contribution < -0.4 is 0 Å². The maximum atomic E-state index is 10.6. The summed E-state index contributed by atoms with van der Waals surface area (Å²) in [6, 6.07) is 0. The predicted octanol–water partition coefficient (Wildman–Crippen LogP) is 2.32. The zero-order valence-corrected chi connectivity index (χ0v) is 10.0. The summed E-state index contributed by atoms with van der Waals surface area (Å²) in [5.41, 5.74) is 0. The molecular formula is C10H21NO2S. The van der Waals surface area contributed by atoms with Crippen LogP contribution >= 0.6 is 12.0 Å². The van der Waals surface area contributed by atoms with E-state index in [1.165, 1.54) is 24.9 Å². The molecule has 0 heterocycles. The van der Waals surface area contributed by atoms with Gasteiger partial charge in [0, 0.05) is 19.3 Å². The molecule has 0 saturated carbocycles. The van der Waals surface area contributed by atoms with Crippen LogP contribution in [0.1, 0.15) is 32.6 Å². The topological polar surface area (TPSA) is 29.5 Å². The summed E-state index contributed by atoms with van der Waals surface area (Å²) in [4.78, 5) is 12.5. The Labute approximate surface area is 91.4 Å². The van der Waals surface area contributed by atoms with Crippen LogP contribution in [0.2, 0.25) is 0 Å². The van der Waals surface area contributed by atoms with Gasteiger partial charge in [0.1, 0.15) is 0 Å². The third-order valence-corrected chi connectivity index (χ3v) is 2.39. The number of amides is 1. The van der Waals surface area contributed by atoms with E-state index >= 15 is 0 Å². The molecule has 0 rings (SSSR count). The minimum Gasteiger partial charge on any atom is -0.345 e. The van der Waals surface area contributed by atoms with Crippen LogP contribution in [0.5, 0.6) is 0 Å². The van der Waals surface area contributed by atoms with Crippen LogP contribution in [0, 0.1) is 0 Å². The van der Waals surface area contributed by atoms with E-state index in [9.17, 15) is 4.79 Å². The van der Waals surface area contributed by atoms with E-state index in [1.807, 2.05) is 11.2 Å². The average Bonchev–Trinajstić information content (AvgIpc) is 2.22. The van der Waals surface area contributed by atoms with Crippen molar-refractivity contribution in [3.8, 4) is 0 Å². The van der Waals surface area contributed by atoms with Gasteiger partial charge < -0.3 is 9.08 Å². The van der Waals surface area contributed by atoms with Gasteiger partial charge in [0.25, 0.3) is 0 Å². The van der Waals surface area contributed by atoms with Crippen molar-refractivity contribution < 1.29 is 8.98 Å². The second kappa shape index (κ2) is 10.9. The Kier molecular flexibility index (Phi) is 10.7. The SMILES string of the molecule is CCCCCN(C=O)CCCOSC. The molecule has 0 aliphatic rings. The standard InChI is InChI=1S/C10H21NO2S/c1-3-4-5-7-11(10-12)8-6-9-13-14-2/h10H,3-9H2,1-2H3. The van der Waals surface area contributed by atoms with E-state index in [4.69, 9.17) is 4.18 Å². The third-order valence-electron chi connectivity index (χ3n) is 1.99. The van der Waals surface area contributed by atoms with Crippen molar-refractivity contribution in [1.82, 2.24) is 4.90 Å². The van der Waals surface area contributed by atoms with Gasteiger partial charge in [0.05, 0.1) is 6.61 Å². The lowest BCUT2D eigenvalue weighted by Crippen LogP contribution is -2.25. The van der Waals surface area contributed by atoms with E-state index < -0.39 is 0 Å². The predicted molar refractivity (Wildman–Crippen MR) is 61.2 cm³/mol. The maximum Gasteiger partial charge on any atom is 0.209 e. The monoisotopic (exact) mass is 219 g/mol. The number of carbonyl (C=O) groups excluding carboxylic acids is 1. The first-order chi connectivity index (χ1) is 6.85. The molecular weight excluding hydrogens is 198 g/mol. The fourth-order valence-electron chi connectivity index (χ4n) is 1.19. The molecule has 14 heavy (non-hydrogen) atoms. The zero-order chi connectivity index (χ0) is 10.6. The molecule has 4 heteroatoms. The van der Waals surface area contributed by atoms with E-state index in [0.29, 0.717) is 0 Å². The molecule has 0 aromatic carbocycles. The minimum atomic E-state index is 0.722. The first-order valence-electron chi connectivity index (χ1n) is 5.20. The van der Waals surface area contributed by atoms with Crippen LogP contribution in [0.25, 0.3) is 0 Å². The summed E-state index contributed by atoms with van der Waals surface area (Å²) in [6.07, 6.45) is 7.27. The van der Waals surface area contributed by atoms with Crippen LogP contribution in [-0.4, -0.2) is 37.3 Å². The Balaban J connectivity index is 3.33. The van der Waals surface area contributed by atoms with E-state index in [-0.39, 0.29) is 0 Å². The summed E-state index contributed by atoms with van der Waals surface area (Å²) in [6.45, 7) is 4.58. The number of rotatable bonds is 10. The largest absolute Gasteiger partial charge is 0.345 e. The second-order valence-corrected chi connectivity index (χ2v) is 3.76. The first-order valence-corrected chi connectivity index (χ1v) is 6.35. The van der Waals surface area contributed by atoms with Crippen LogP contribution in [-0.2, 0) is 8.98 Å². The molecule has 0 atom stereocenters. The third kappa shape index (κ3) is 8.38. The molecule has 0 aliphatic heterocycles. The molecule has 0 N–H and O–H groups in total. The molecule has 84 valence electrons. The fraction of sp³-hybridized carbons (Fsp3) is 0.900. The normalized spacial score (nSPS) is 10.1. The Bertz CT molecular complexity index is 133. The average molecular weight is 219 g/mol. The maximum absolute atomic E-state index is 10.6. The van der Waals surface area contributed by atoms with E-state index in [0.717, 1.165) is 38.9 Å². The van der Waals surface area contributed by atoms with Crippen LogP contribution in [0.4, 0.5) is 0 Å². The number of hydrogen-bond acceptors (Lipinski definition) is 3. The number of hydrogen-bond donors (Lipinski definition) is 0. The smallest absolute Gasteiger partial charge is 0.209 e. The van der Waals surface area contributed by atoms with Gasteiger partial charge in [-0.2, -0.15) is 0 Å². The molecule has 1 amide bonds. The van der Waals surface area contributed by atoms with Crippen molar-refractivity contribution in [3.05, 3.63) is 0 Å². The van der Waals surface area contributed by atoms with E-state index in [1.54, 1.807) is 0 Å². The highest BCUT2D eigenvalue weighted by Gasteiger charge is 2.00. The molecule has 0 radical (unpaired) electrons. The summed E-state index contributed by atoms with van der Waals surface area (Å²) >= 11 is 1.38. The number of nitrogens with zero attached hydrogens (tertiary/aromatic N) is 1. The summed E-state index contributed by atoms with van der Waals surface area (Å²) in [5, 5.41) is 0. The van der Waals surface area contributed by atoms with Crippen molar-refractivity contribution in [2.24, 2.45) is 0 Å². The molecule has 0 fully saturated rings. The number of carbonyl (C=O) groups is 1. The Morgan fingerprint density at radius 1 is 1.29 bits per heavy atom. The first kappa shape index (κ1) is 13.8. The zero-order valence-electron chi connectivity index (χ0n) is 9.20. The van der Waals surface area contributed by atoms with Crippen molar-refractivity contribution in [2.45, 2.75) is 32.6 Å². The molecule has 0 saturated heterocycles. The highest BCUT2D eigenvalue weighted by atomic mass is 32.2. The van der Waals surface area contributed by atoms with Gasteiger partial charge in [0.15, 0.2) is 0 Å². The molecule has 0 aromatic rings. The summed E-state index contributed by atoms with van der Waals surface area (Å²) in [7, 11) is 0. The van der Waals surface area contributed by atoms with Crippen molar-refractivity contribution in [3.63, 3.8) is 0 Å². The van der Waals surface area contributed by atoms with Gasteiger partial charge in [-0.15, -0.1) is 0 Å². The van der Waals surface area contributed by atoms with Crippen molar-refractivity contribution in [2.75, 3.05) is 26.0 Å². The van der Waals surface area contributed by atoms with Gasteiger partial charge in [-0.1, -0.05) is 19.8 Å². The van der Waals surface area contributed by atoms with Crippen molar-refractivity contribution >= 4 is 18.5 Å². The highest BCUT2D eigenvalue weighted by molar-refractivity contribution is 7.93. The molecule has 0 bridgehead atoms. The van der Waals surface area contributed by atoms with Gasteiger partial charge in [-0.3, -0.25) is 4.79 Å². The van der Waals surface area contributed by atoms with Gasteiger partial charge in [-0.05, 0) is 24.9 Å². The molecule has 0 aliphatic carbocycles. The Morgan fingerprint density at radius 3 is 2.57 bits per heavy atom. The molecule has 0 unspecified atom stereocenters. The van der Waals surface area contributed by atoms with Gasteiger partial charge >= 0.3 is 0 Å². The number of unbranched alkanes of at least 4 members (excludes halogenated alkanes) is 2. The van der Waals surface area contributed by atoms with E-state index in [2.05, 4.69) is 6.92 Å². The van der Waals surface area contributed by atoms with Gasteiger partial charge in [0.2, 0.25) is 6.41 Å². The Hall–Kier alpha value is -0.220. The highest BCUT2D eigenvalue weighted by Crippen LogP contribution is 2.00. The Morgan fingerprint density at radius 2 is 2.00 bits per heavy atom. The second-order valence-electron chi connectivity index (χ2n) is 3.19. The summed E-state index contributed by atoms with van der Waals surface area (Å²) < 4.78 is 5.13. The van der Waals surface area contributed by atoms with Crippen LogP contribution in [0.15, 0.2) is 0 Å². The minimum absolute atomic E-state index is 0.722. The lowest BCUT2D eigenvalue weighted by Gasteiger charge is -2.16. The quantitative estimate of drug-likeness (QED) is 0.321.